The number of fused-ring (bicyclic) bond motifs is 1. The second-order valence-corrected chi connectivity index (χ2v) is 5.30. The van der Waals surface area contributed by atoms with E-state index in [2.05, 4.69) is 13.8 Å². The molecule has 120 valence electrons. The van der Waals surface area contributed by atoms with Crippen LogP contribution in [-0.4, -0.2) is 12.6 Å². The molecule has 0 fully saturated rings. The van der Waals surface area contributed by atoms with Gasteiger partial charge in [0.1, 0.15) is 0 Å². The first kappa shape index (κ1) is 16.8. The van der Waals surface area contributed by atoms with Crippen LogP contribution in [0.15, 0.2) is 48.5 Å². The van der Waals surface area contributed by atoms with Gasteiger partial charge in [0.15, 0.2) is 17.3 Å². The standard InChI is InChI=1S/C17H14O3.C3H8/c1-12(18)15(14-5-3-2-4-6-14)9-13-7-8-16-17(10-13)20-11-19-16;1-3-2/h2-10H,11H2,1H3;3H2,1-2H3/b15-9-;. The Morgan fingerprint density at radius 1 is 1.04 bits per heavy atom. The van der Waals surface area contributed by atoms with E-state index in [9.17, 15) is 4.79 Å². The number of rotatable bonds is 3. The summed E-state index contributed by atoms with van der Waals surface area (Å²) in [6.45, 7) is 6.08. The van der Waals surface area contributed by atoms with Crippen LogP contribution in [0.2, 0.25) is 0 Å². The van der Waals surface area contributed by atoms with Crippen LogP contribution in [0.3, 0.4) is 0 Å². The Hall–Kier alpha value is -2.55. The first-order chi connectivity index (χ1) is 11.2. The molecule has 0 N–H and O–H groups in total. The summed E-state index contributed by atoms with van der Waals surface area (Å²) in [7, 11) is 0. The van der Waals surface area contributed by atoms with Crippen LogP contribution in [0.5, 0.6) is 11.5 Å². The van der Waals surface area contributed by atoms with Gasteiger partial charge < -0.3 is 9.47 Å². The summed E-state index contributed by atoms with van der Waals surface area (Å²) in [4.78, 5) is 11.9. The largest absolute Gasteiger partial charge is 0.454 e. The first-order valence-electron chi connectivity index (χ1n) is 7.83. The lowest BCUT2D eigenvalue weighted by Crippen LogP contribution is -1.95. The molecule has 0 aliphatic carbocycles. The lowest BCUT2D eigenvalue weighted by Gasteiger charge is -2.05. The maximum Gasteiger partial charge on any atom is 0.231 e. The van der Waals surface area contributed by atoms with Crippen molar-refractivity contribution >= 4 is 17.4 Å². The Bertz CT molecular complexity index is 687. The van der Waals surface area contributed by atoms with Crippen LogP contribution in [0.4, 0.5) is 0 Å². The van der Waals surface area contributed by atoms with Crippen molar-refractivity contribution < 1.29 is 14.3 Å². The van der Waals surface area contributed by atoms with Crippen LogP contribution in [0.25, 0.3) is 11.6 Å². The summed E-state index contributed by atoms with van der Waals surface area (Å²) in [5.41, 5.74) is 2.52. The summed E-state index contributed by atoms with van der Waals surface area (Å²) in [6, 6.07) is 15.3. The zero-order valence-corrected chi connectivity index (χ0v) is 13.8. The molecular formula is C20H22O3. The van der Waals surface area contributed by atoms with Crippen molar-refractivity contribution in [1.82, 2.24) is 0 Å². The number of allylic oxidation sites excluding steroid dienone is 1. The Morgan fingerprint density at radius 3 is 2.35 bits per heavy atom. The average molecular weight is 310 g/mol. The maximum atomic E-state index is 11.9. The predicted molar refractivity (Wildman–Crippen MR) is 93.5 cm³/mol. The number of ether oxygens (including phenoxy) is 2. The molecule has 0 aromatic heterocycles. The van der Waals surface area contributed by atoms with E-state index < -0.39 is 0 Å². The van der Waals surface area contributed by atoms with Crippen molar-refractivity contribution in [1.29, 1.82) is 0 Å². The number of carbonyl (C=O) groups is 1. The molecule has 0 amide bonds. The van der Waals surface area contributed by atoms with Crippen molar-refractivity contribution in [3.05, 3.63) is 59.7 Å². The Balaban J connectivity index is 0.000000595. The fraction of sp³-hybridized carbons (Fsp3) is 0.250. The van der Waals surface area contributed by atoms with Crippen LogP contribution < -0.4 is 9.47 Å². The summed E-state index contributed by atoms with van der Waals surface area (Å²) >= 11 is 0. The van der Waals surface area contributed by atoms with Crippen molar-refractivity contribution in [2.45, 2.75) is 27.2 Å². The topological polar surface area (TPSA) is 35.5 Å². The number of hydrogen-bond acceptors (Lipinski definition) is 3. The minimum absolute atomic E-state index is 0.0360. The third kappa shape index (κ3) is 4.46. The van der Waals surface area contributed by atoms with Crippen LogP contribution in [0, 0.1) is 0 Å². The van der Waals surface area contributed by atoms with Gasteiger partial charge in [-0.25, -0.2) is 0 Å². The molecule has 1 aliphatic heterocycles. The predicted octanol–water partition coefficient (Wildman–Crippen LogP) is 4.96. The van der Waals surface area contributed by atoms with E-state index >= 15 is 0 Å². The number of ketones is 1. The van der Waals surface area contributed by atoms with Gasteiger partial charge in [-0.1, -0.05) is 56.7 Å². The second-order valence-electron chi connectivity index (χ2n) is 5.30. The smallest absolute Gasteiger partial charge is 0.231 e. The van der Waals surface area contributed by atoms with E-state index in [0.29, 0.717) is 5.57 Å². The molecule has 0 spiro atoms. The number of Topliss-reactive ketones (excluding diaryl/α,β-unsaturated/α-hetero) is 1. The minimum atomic E-state index is 0.0360. The summed E-state index contributed by atoms with van der Waals surface area (Å²) in [5.74, 6) is 1.50. The van der Waals surface area contributed by atoms with E-state index in [1.54, 1.807) is 6.92 Å². The highest BCUT2D eigenvalue weighted by molar-refractivity contribution is 6.24. The molecule has 0 unspecified atom stereocenters. The minimum Gasteiger partial charge on any atom is -0.454 e. The second kappa shape index (κ2) is 8.18. The lowest BCUT2D eigenvalue weighted by molar-refractivity contribution is -0.111. The Labute approximate surface area is 137 Å². The quantitative estimate of drug-likeness (QED) is 0.593. The summed E-state index contributed by atoms with van der Waals surface area (Å²) < 4.78 is 10.6. The van der Waals surface area contributed by atoms with Crippen molar-refractivity contribution in [3.8, 4) is 11.5 Å². The van der Waals surface area contributed by atoms with Crippen molar-refractivity contribution in [3.63, 3.8) is 0 Å². The number of carbonyl (C=O) groups excluding carboxylic acids is 1. The van der Waals surface area contributed by atoms with Crippen LogP contribution in [-0.2, 0) is 4.79 Å². The number of benzene rings is 2. The highest BCUT2D eigenvalue weighted by Crippen LogP contribution is 2.33. The van der Waals surface area contributed by atoms with Gasteiger partial charge in [0, 0.05) is 5.57 Å². The molecule has 0 bridgehead atoms. The van der Waals surface area contributed by atoms with E-state index in [1.165, 1.54) is 6.42 Å². The molecule has 1 heterocycles. The molecule has 0 atom stereocenters. The van der Waals surface area contributed by atoms with Crippen LogP contribution in [0.1, 0.15) is 38.3 Å². The molecule has 23 heavy (non-hydrogen) atoms. The number of hydrogen-bond donors (Lipinski definition) is 0. The SMILES string of the molecule is CC(=O)/C(=C/c1ccc2c(c1)OCO2)c1ccccc1.CCC. The van der Waals surface area contributed by atoms with Gasteiger partial charge in [-0.15, -0.1) is 0 Å². The molecule has 0 saturated heterocycles. The zero-order chi connectivity index (χ0) is 16.7. The van der Waals surface area contributed by atoms with Crippen LogP contribution >= 0.6 is 0 Å². The summed E-state index contributed by atoms with van der Waals surface area (Å²) in [6.07, 6.45) is 3.12. The fourth-order valence-corrected chi connectivity index (χ4v) is 2.18. The first-order valence-corrected chi connectivity index (χ1v) is 7.83. The zero-order valence-electron chi connectivity index (χ0n) is 13.8. The fourth-order valence-electron chi connectivity index (χ4n) is 2.18. The third-order valence-corrected chi connectivity index (χ3v) is 3.17. The van der Waals surface area contributed by atoms with Gasteiger partial charge in [0.2, 0.25) is 6.79 Å². The van der Waals surface area contributed by atoms with Crippen molar-refractivity contribution in [2.24, 2.45) is 0 Å². The molecule has 0 radical (unpaired) electrons. The van der Waals surface area contributed by atoms with Gasteiger partial charge >= 0.3 is 0 Å². The third-order valence-electron chi connectivity index (χ3n) is 3.17. The van der Waals surface area contributed by atoms with Crippen molar-refractivity contribution in [2.75, 3.05) is 6.79 Å². The van der Waals surface area contributed by atoms with Gasteiger partial charge in [0.25, 0.3) is 0 Å². The van der Waals surface area contributed by atoms with E-state index in [-0.39, 0.29) is 12.6 Å². The molecule has 3 heteroatoms. The molecule has 0 saturated carbocycles. The van der Waals surface area contributed by atoms with E-state index in [0.717, 1.165) is 22.6 Å². The van der Waals surface area contributed by atoms with E-state index in [4.69, 9.17) is 9.47 Å². The molecule has 1 aliphatic rings. The monoisotopic (exact) mass is 310 g/mol. The molecule has 2 aromatic rings. The Kier molecular flexibility index (Phi) is 5.98. The Morgan fingerprint density at radius 2 is 1.70 bits per heavy atom. The summed E-state index contributed by atoms with van der Waals surface area (Å²) in [5, 5.41) is 0. The van der Waals surface area contributed by atoms with Gasteiger partial charge in [-0.3, -0.25) is 4.79 Å². The maximum absolute atomic E-state index is 11.9. The lowest BCUT2D eigenvalue weighted by atomic mass is 9.99. The average Bonchev–Trinajstić information content (AvgIpc) is 3.01. The molecule has 3 rings (SSSR count). The molecular weight excluding hydrogens is 288 g/mol. The van der Waals surface area contributed by atoms with E-state index in [1.807, 2.05) is 54.6 Å². The normalized spacial score (nSPS) is 12.4. The molecule has 3 nitrogen and oxygen atoms in total. The van der Waals surface area contributed by atoms with Gasteiger partial charge in [-0.05, 0) is 36.3 Å². The highest BCUT2D eigenvalue weighted by Gasteiger charge is 2.13. The van der Waals surface area contributed by atoms with Gasteiger partial charge in [-0.2, -0.15) is 0 Å². The van der Waals surface area contributed by atoms with Gasteiger partial charge in [0.05, 0.1) is 0 Å². The molecule has 2 aromatic carbocycles. The highest BCUT2D eigenvalue weighted by atomic mass is 16.7.